The highest BCUT2D eigenvalue weighted by Gasteiger charge is 2.25. The average molecular weight is 180 g/mol. The highest BCUT2D eigenvalue weighted by Crippen LogP contribution is 2.34. The van der Waals surface area contributed by atoms with Crippen molar-refractivity contribution in [1.82, 2.24) is 5.32 Å². The van der Waals surface area contributed by atoms with Crippen molar-refractivity contribution >= 4 is 0 Å². The number of nitriles is 1. The van der Waals surface area contributed by atoms with E-state index in [-0.39, 0.29) is 0 Å². The second kappa shape index (κ2) is 5.24. The van der Waals surface area contributed by atoms with Crippen LogP contribution in [0, 0.1) is 17.2 Å². The maximum Gasteiger partial charge on any atom is 0.0638 e. The summed E-state index contributed by atoms with van der Waals surface area (Å²) in [5.41, 5.74) is 0. The maximum absolute atomic E-state index is 8.53. The molecular formula is C11H20N2. The Morgan fingerprint density at radius 1 is 1.54 bits per heavy atom. The van der Waals surface area contributed by atoms with Crippen LogP contribution in [0.5, 0.6) is 0 Å². The molecule has 1 N–H and O–H groups in total. The van der Waals surface area contributed by atoms with Gasteiger partial charge in [-0.25, -0.2) is 0 Å². The molecule has 0 radical (unpaired) electrons. The first-order valence-corrected chi connectivity index (χ1v) is 5.39. The SMILES string of the molecule is CCC(CC1CC1)NC(C)CC#N. The Kier molecular flexibility index (Phi) is 4.24. The summed E-state index contributed by atoms with van der Waals surface area (Å²) in [6, 6.07) is 3.19. The minimum atomic E-state index is 0.355. The van der Waals surface area contributed by atoms with Gasteiger partial charge in [-0.15, -0.1) is 0 Å². The van der Waals surface area contributed by atoms with Crippen LogP contribution in [-0.2, 0) is 0 Å². The van der Waals surface area contributed by atoms with E-state index in [4.69, 9.17) is 5.26 Å². The molecule has 0 aromatic carbocycles. The summed E-state index contributed by atoms with van der Waals surface area (Å²) < 4.78 is 0. The summed E-state index contributed by atoms with van der Waals surface area (Å²) in [6.07, 6.45) is 5.97. The van der Waals surface area contributed by atoms with Gasteiger partial charge in [0.15, 0.2) is 0 Å². The molecule has 1 aliphatic rings. The topological polar surface area (TPSA) is 35.8 Å². The van der Waals surface area contributed by atoms with Crippen LogP contribution in [0.25, 0.3) is 0 Å². The first kappa shape index (κ1) is 10.5. The molecule has 0 amide bonds. The Morgan fingerprint density at radius 3 is 2.69 bits per heavy atom. The fourth-order valence-corrected chi connectivity index (χ4v) is 1.71. The Bertz CT molecular complexity index is 179. The van der Waals surface area contributed by atoms with Crippen molar-refractivity contribution in [3.05, 3.63) is 0 Å². The van der Waals surface area contributed by atoms with E-state index in [2.05, 4.69) is 25.2 Å². The Labute approximate surface area is 81.3 Å². The molecule has 13 heavy (non-hydrogen) atoms. The van der Waals surface area contributed by atoms with Crippen LogP contribution >= 0.6 is 0 Å². The zero-order valence-corrected chi connectivity index (χ0v) is 8.71. The lowest BCUT2D eigenvalue weighted by Gasteiger charge is -2.20. The van der Waals surface area contributed by atoms with Crippen molar-refractivity contribution in [2.45, 2.75) is 58.0 Å². The average Bonchev–Trinajstić information content (AvgIpc) is 2.87. The van der Waals surface area contributed by atoms with Gasteiger partial charge >= 0.3 is 0 Å². The summed E-state index contributed by atoms with van der Waals surface area (Å²) in [4.78, 5) is 0. The van der Waals surface area contributed by atoms with Crippen molar-refractivity contribution in [1.29, 1.82) is 5.26 Å². The van der Waals surface area contributed by atoms with Crippen molar-refractivity contribution in [2.24, 2.45) is 5.92 Å². The fraction of sp³-hybridized carbons (Fsp3) is 0.909. The van der Waals surface area contributed by atoms with Crippen LogP contribution in [0.15, 0.2) is 0 Å². The molecule has 74 valence electrons. The first-order chi connectivity index (χ1) is 6.26. The van der Waals surface area contributed by atoms with E-state index in [1.165, 1.54) is 25.7 Å². The molecule has 1 aliphatic carbocycles. The third kappa shape index (κ3) is 4.28. The van der Waals surface area contributed by atoms with Crippen LogP contribution in [-0.4, -0.2) is 12.1 Å². The van der Waals surface area contributed by atoms with E-state index in [0.29, 0.717) is 18.5 Å². The van der Waals surface area contributed by atoms with E-state index in [0.717, 1.165) is 5.92 Å². The molecule has 0 aromatic heterocycles. The number of hydrogen-bond acceptors (Lipinski definition) is 2. The summed E-state index contributed by atoms with van der Waals surface area (Å²) in [7, 11) is 0. The van der Waals surface area contributed by atoms with Gasteiger partial charge in [0.05, 0.1) is 12.5 Å². The molecule has 0 saturated heterocycles. The van der Waals surface area contributed by atoms with Crippen molar-refractivity contribution in [2.75, 3.05) is 0 Å². The predicted molar refractivity (Wildman–Crippen MR) is 54.2 cm³/mol. The molecule has 1 fully saturated rings. The summed E-state index contributed by atoms with van der Waals surface area (Å²) in [6.45, 7) is 4.32. The summed E-state index contributed by atoms with van der Waals surface area (Å²) in [5, 5.41) is 12.0. The van der Waals surface area contributed by atoms with Crippen LogP contribution in [0.4, 0.5) is 0 Å². The minimum Gasteiger partial charge on any atom is -0.310 e. The lowest BCUT2D eigenvalue weighted by molar-refractivity contribution is 0.400. The third-order valence-corrected chi connectivity index (χ3v) is 2.73. The zero-order chi connectivity index (χ0) is 9.68. The van der Waals surface area contributed by atoms with Gasteiger partial charge in [0.25, 0.3) is 0 Å². The second-order valence-corrected chi connectivity index (χ2v) is 4.21. The number of nitrogens with zero attached hydrogens (tertiary/aromatic N) is 1. The summed E-state index contributed by atoms with van der Waals surface area (Å²) >= 11 is 0. The van der Waals surface area contributed by atoms with Crippen LogP contribution in [0.3, 0.4) is 0 Å². The predicted octanol–water partition coefficient (Wildman–Crippen LogP) is 2.46. The molecule has 2 unspecified atom stereocenters. The molecule has 2 nitrogen and oxygen atoms in total. The largest absolute Gasteiger partial charge is 0.310 e. The van der Waals surface area contributed by atoms with Crippen LogP contribution < -0.4 is 5.32 Å². The maximum atomic E-state index is 8.53. The lowest BCUT2D eigenvalue weighted by Crippen LogP contribution is -2.36. The van der Waals surface area contributed by atoms with Gasteiger partial charge in [-0.05, 0) is 25.7 Å². The Morgan fingerprint density at radius 2 is 2.23 bits per heavy atom. The normalized spacial score (nSPS) is 20.7. The van der Waals surface area contributed by atoms with E-state index in [9.17, 15) is 0 Å². The fourth-order valence-electron chi connectivity index (χ4n) is 1.71. The molecular weight excluding hydrogens is 160 g/mol. The molecule has 0 aromatic rings. The second-order valence-electron chi connectivity index (χ2n) is 4.21. The number of hydrogen-bond donors (Lipinski definition) is 1. The van der Waals surface area contributed by atoms with Crippen molar-refractivity contribution in [3.8, 4) is 6.07 Å². The standard InChI is InChI=1S/C11H20N2/c1-3-11(8-10-4-5-10)13-9(2)6-7-12/h9-11,13H,3-6,8H2,1-2H3. The molecule has 0 heterocycles. The van der Waals surface area contributed by atoms with Gasteiger partial charge in [0, 0.05) is 12.1 Å². The van der Waals surface area contributed by atoms with Crippen molar-refractivity contribution < 1.29 is 0 Å². The molecule has 0 spiro atoms. The molecule has 0 bridgehead atoms. The molecule has 1 rings (SSSR count). The molecule has 2 atom stereocenters. The minimum absolute atomic E-state index is 0.355. The lowest BCUT2D eigenvalue weighted by atomic mass is 10.1. The van der Waals surface area contributed by atoms with Gasteiger partial charge < -0.3 is 5.32 Å². The van der Waals surface area contributed by atoms with E-state index in [1.54, 1.807) is 0 Å². The Balaban J connectivity index is 2.17. The smallest absolute Gasteiger partial charge is 0.0638 e. The van der Waals surface area contributed by atoms with Gasteiger partial charge in [-0.3, -0.25) is 0 Å². The Hall–Kier alpha value is -0.550. The van der Waals surface area contributed by atoms with E-state index >= 15 is 0 Å². The van der Waals surface area contributed by atoms with E-state index < -0.39 is 0 Å². The van der Waals surface area contributed by atoms with Gasteiger partial charge in [-0.1, -0.05) is 19.8 Å². The molecule has 1 saturated carbocycles. The van der Waals surface area contributed by atoms with Gasteiger partial charge in [0.1, 0.15) is 0 Å². The molecule has 2 heteroatoms. The number of nitrogens with one attached hydrogen (secondary N) is 1. The first-order valence-electron chi connectivity index (χ1n) is 5.39. The zero-order valence-electron chi connectivity index (χ0n) is 8.71. The van der Waals surface area contributed by atoms with Gasteiger partial charge in [-0.2, -0.15) is 5.26 Å². The third-order valence-electron chi connectivity index (χ3n) is 2.73. The van der Waals surface area contributed by atoms with E-state index in [1.807, 2.05) is 0 Å². The molecule has 0 aliphatic heterocycles. The quantitative estimate of drug-likeness (QED) is 0.681. The highest BCUT2D eigenvalue weighted by atomic mass is 14.9. The monoisotopic (exact) mass is 180 g/mol. The highest BCUT2D eigenvalue weighted by molar-refractivity contribution is 4.84. The van der Waals surface area contributed by atoms with Crippen molar-refractivity contribution in [3.63, 3.8) is 0 Å². The van der Waals surface area contributed by atoms with Crippen LogP contribution in [0.2, 0.25) is 0 Å². The summed E-state index contributed by atoms with van der Waals surface area (Å²) in [5.74, 6) is 0.978. The van der Waals surface area contributed by atoms with Gasteiger partial charge in [0.2, 0.25) is 0 Å². The number of rotatable bonds is 6. The van der Waals surface area contributed by atoms with Crippen LogP contribution in [0.1, 0.15) is 46.0 Å².